The van der Waals surface area contributed by atoms with E-state index in [2.05, 4.69) is 9.17 Å². The van der Waals surface area contributed by atoms with Crippen LogP contribution in [-0.4, -0.2) is 56.6 Å². The molecule has 0 aliphatic carbocycles. The maximum atomic E-state index is 13.1. The maximum absolute atomic E-state index is 13.1. The van der Waals surface area contributed by atoms with E-state index in [9.17, 15) is 31.2 Å². The van der Waals surface area contributed by atoms with Gasteiger partial charge in [-0.2, -0.15) is 21.6 Å². The molecule has 0 atom stereocenters. The highest BCUT2D eigenvalue weighted by Gasteiger charge is 2.49. The van der Waals surface area contributed by atoms with Crippen LogP contribution in [0.25, 0.3) is 0 Å². The second-order valence-electron chi connectivity index (χ2n) is 7.65. The quantitative estimate of drug-likeness (QED) is 0.196. The fourth-order valence-corrected chi connectivity index (χ4v) is 3.95. The van der Waals surface area contributed by atoms with E-state index >= 15 is 0 Å². The molecule has 35 heavy (non-hydrogen) atoms. The first-order chi connectivity index (χ1) is 16.3. The summed E-state index contributed by atoms with van der Waals surface area (Å²) >= 11 is 0. The van der Waals surface area contributed by atoms with Gasteiger partial charge in [0.25, 0.3) is 5.88 Å². The fraction of sp³-hybridized carbons (Fsp3) is 0.682. The van der Waals surface area contributed by atoms with Crippen molar-refractivity contribution in [2.24, 2.45) is 0 Å². The number of nitrogens with zero attached hydrogens (tertiary/aromatic N) is 2. The minimum absolute atomic E-state index is 0.0603. The number of rotatable bonds is 14. The van der Waals surface area contributed by atoms with Crippen molar-refractivity contribution >= 4 is 27.7 Å². The van der Waals surface area contributed by atoms with Gasteiger partial charge in [0.2, 0.25) is 0 Å². The van der Waals surface area contributed by atoms with Crippen molar-refractivity contribution in [3.63, 3.8) is 0 Å². The van der Waals surface area contributed by atoms with Gasteiger partial charge in [0.15, 0.2) is 0 Å². The van der Waals surface area contributed by atoms with E-state index in [0.29, 0.717) is 12.8 Å². The molecule has 1 aromatic heterocycles. The lowest BCUT2D eigenvalue weighted by molar-refractivity contribution is -0.142. The highest BCUT2D eigenvalue weighted by Crippen LogP contribution is 2.36. The Kier molecular flexibility index (Phi) is 11.7. The molecular formula is C22H33F3N2O7S. The van der Waals surface area contributed by atoms with Crippen LogP contribution in [0.5, 0.6) is 5.88 Å². The third-order valence-electron chi connectivity index (χ3n) is 4.90. The molecule has 0 N–H and O–H groups in total. The van der Waals surface area contributed by atoms with Gasteiger partial charge in [-0.05, 0) is 39.7 Å². The first kappa shape index (κ1) is 30.5. The molecule has 1 heterocycles. The Bertz CT molecular complexity index is 963. The Morgan fingerprint density at radius 3 is 2.11 bits per heavy atom. The molecule has 0 radical (unpaired) electrons. The Morgan fingerprint density at radius 2 is 1.63 bits per heavy atom. The van der Waals surface area contributed by atoms with Crippen LogP contribution in [0.1, 0.15) is 75.9 Å². The van der Waals surface area contributed by atoms with Crippen molar-refractivity contribution in [3.8, 4) is 5.88 Å². The molecule has 13 heteroatoms. The van der Waals surface area contributed by atoms with Crippen molar-refractivity contribution in [1.82, 2.24) is 4.98 Å². The molecule has 0 aliphatic heterocycles. The number of hydrogen-bond donors (Lipinski definition) is 0. The van der Waals surface area contributed by atoms with Gasteiger partial charge in [0.1, 0.15) is 5.56 Å². The van der Waals surface area contributed by atoms with Crippen molar-refractivity contribution < 1.29 is 44.8 Å². The second kappa shape index (κ2) is 13.5. The zero-order valence-electron chi connectivity index (χ0n) is 20.6. The third-order valence-corrected chi connectivity index (χ3v) is 5.85. The number of alkyl halides is 3. The number of aromatic nitrogens is 1. The predicted octanol–water partition coefficient (Wildman–Crippen LogP) is 4.52. The molecule has 0 amide bonds. The van der Waals surface area contributed by atoms with Crippen LogP contribution in [0.15, 0.2) is 6.07 Å². The molecule has 0 aliphatic rings. The first-order valence-electron chi connectivity index (χ1n) is 11.4. The number of ether oxygens (including phenoxy) is 2. The molecule has 0 unspecified atom stereocenters. The van der Waals surface area contributed by atoms with Crippen LogP contribution in [0.3, 0.4) is 0 Å². The highest BCUT2D eigenvalue weighted by molar-refractivity contribution is 7.88. The van der Waals surface area contributed by atoms with E-state index < -0.39 is 39.0 Å². The number of carbonyl (C=O) groups is 2. The predicted molar refractivity (Wildman–Crippen MR) is 123 cm³/mol. The van der Waals surface area contributed by atoms with Gasteiger partial charge in [0, 0.05) is 18.3 Å². The molecule has 1 aromatic rings. The van der Waals surface area contributed by atoms with E-state index in [1.807, 2.05) is 13.8 Å². The summed E-state index contributed by atoms with van der Waals surface area (Å²) < 4.78 is 77.0. The first-order valence-corrected chi connectivity index (χ1v) is 12.8. The van der Waals surface area contributed by atoms with Gasteiger partial charge in [0.05, 0.1) is 25.3 Å². The summed E-state index contributed by atoms with van der Waals surface area (Å²) in [5.74, 6) is -2.64. The highest BCUT2D eigenvalue weighted by atomic mass is 32.2. The standard InChI is InChI=1S/C22H33F3N2O7S/c1-6-10-16(11-7-2)27(13-12-18(28)32-8-3)17-14-15(5)26-20(19(17)21(29)33-9-4)34-35(30,31)22(23,24)25/h14,16H,6-13H2,1-5H3. The SMILES string of the molecule is CCCC(CCC)N(CCC(=O)OCC)c1cc(C)nc(OS(=O)(=O)C(F)(F)F)c1C(=O)OCC. The summed E-state index contributed by atoms with van der Waals surface area (Å²) in [5, 5.41) is 0. The lowest BCUT2D eigenvalue weighted by Gasteiger charge is -2.35. The van der Waals surface area contributed by atoms with Crippen LogP contribution < -0.4 is 9.08 Å². The number of hydrogen-bond acceptors (Lipinski definition) is 9. The summed E-state index contributed by atoms with van der Waals surface area (Å²) in [5.41, 5.74) is -6.12. The van der Waals surface area contributed by atoms with Gasteiger partial charge in [-0.3, -0.25) is 4.79 Å². The summed E-state index contributed by atoms with van der Waals surface area (Å²) in [6, 6.07) is 1.21. The zero-order chi connectivity index (χ0) is 26.8. The number of carbonyl (C=O) groups excluding carboxylic acids is 2. The monoisotopic (exact) mass is 526 g/mol. The number of pyridine rings is 1. The van der Waals surface area contributed by atoms with E-state index in [1.54, 1.807) is 11.8 Å². The van der Waals surface area contributed by atoms with Gasteiger partial charge in [-0.1, -0.05) is 26.7 Å². The van der Waals surface area contributed by atoms with Crippen molar-refractivity contribution in [2.45, 2.75) is 78.3 Å². The number of esters is 2. The minimum atomic E-state index is -6.12. The lowest BCUT2D eigenvalue weighted by atomic mass is 10.0. The zero-order valence-corrected chi connectivity index (χ0v) is 21.4. The summed E-state index contributed by atoms with van der Waals surface area (Å²) in [7, 11) is -6.12. The average Bonchev–Trinajstić information content (AvgIpc) is 2.73. The third kappa shape index (κ3) is 8.55. The van der Waals surface area contributed by atoms with Gasteiger partial charge in [-0.15, -0.1) is 0 Å². The van der Waals surface area contributed by atoms with Crippen LogP contribution >= 0.6 is 0 Å². The van der Waals surface area contributed by atoms with Crippen molar-refractivity contribution in [2.75, 3.05) is 24.7 Å². The van der Waals surface area contributed by atoms with E-state index in [-0.39, 0.29) is 43.6 Å². The van der Waals surface area contributed by atoms with Crippen molar-refractivity contribution in [3.05, 3.63) is 17.3 Å². The molecule has 0 aromatic carbocycles. The van der Waals surface area contributed by atoms with E-state index in [0.717, 1.165) is 12.8 Å². The van der Waals surface area contributed by atoms with Crippen LogP contribution in [0.2, 0.25) is 0 Å². The molecule has 200 valence electrons. The van der Waals surface area contributed by atoms with E-state index in [1.165, 1.54) is 19.9 Å². The van der Waals surface area contributed by atoms with E-state index in [4.69, 9.17) is 9.47 Å². The molecule has 0 spiro atoms. The molecular weight excluding hydrogens is 493 g/mol. The smallest absolute Gasteiger partial charge is 0.466 e. The Labute approximate surface area is 204 Å². The molecule has 0 fully saturated rings. The molecule has 1 rings (SSSR count). The largest absolute Gasteiger partial charge is 0.534 e. The summed E-state index contributed by atoms with van der Waals surface area (Å²) in [6.07, 6.45) is 2.68. The van der Waals surface area contributed by atoms with Crippen LogP contribution in [0, 0.1) is 6.92 Å². The van der Waals surface area contributed by atoms with Crippen LogP contribution in [-0.2, 0) is 24.4 Å². The summed E-state index contributed by atoms with van der Waals surface area (Å²) in [4.78, 5) is 30.4. The van der Waals surface area contributed by atoms with Gasteiger partial charge in [-0.25, -0.2) is 9.78 Å². The Morgan fingerprint density at radius 1 is 1.06 bits per heavy atom. The van der Waals surface area contributed by atoms with Crippen LogP contribution in [0.4, 0.5) is 18.9 Å². The topological polar surface area (TPSA) is 112 Å². The Hall–Kier alpha value is -2.57. The molecule has 0 saturated heterocycles. The summed E-state index contributed by atoms with van der Waals surface area (Å²) in [6.45, 7) is 8.55. The van der Waals surface area contributed by atoms with Crippen molar-refractivity contribution in [1.29, 1.82) is 0 Å². The second-order valence-corrected chi connectivity index (χ2v) is 9.18. The Balaban J connectivity index is 3.79. The number of halogens is 3. The van der Waals surface area contributed by atoms with Gasteiger partial charge >= 0.3 is 27.6 Å². The normalized spacial score (nSPS) is 11.9. The molecule has 0 saturated carbocycles. The maximum Gasteiger partial charge on any atom is 0.534 e. The average molecular weight is 527 g/mol. The van der Waals surface area contributed by atoms with Gasteiger partial charge < -0.3 is 18.6 Å². The number of anilines is 1. The molecule has 9 nitrogen and oxygen atoms in total. The number of aryl methyl sites for hydroxylation is 1. The minimum Gasteiger partial charge on any atom is -0.466 e. The molecule has 0 bridgehead atoms. The lowest BCUT2D eigenvalue weighted by Crippen LogP contribution is -2.39. The fourth-order valence-electron chi connectivity index (χ4n) is 3.53.